The molecule has 1 aliphatic rings. The molecule has 2 N–H and O–H groups in total. The minimum Gasteiger partial charge on any atom is -0.507 e. The lowest BCUT2D eigenvalue weighted by Gasteiger charge is -2.13. The normalized spacial score (nSPS) is 13.7. The average Bonchev–Trinajstić information content (AvgIpc) is 3.31. The summed E-state index contributed by atoms with van der Waals surface area (Å²) in [5.41, 5.74) is 1.76. The summed E-state index contributed by atoms with van der Waals surface area (Å²) < 4.78 is 5.00. The van der Waals surface area contributed by atoms with Crippen LogP contribution in [-0.4, -0.2) is 50.9 Å². The number of aromatic amines is 1. The van der Waals surface area contributed by atoms with Crippen LogP contribution < -0.4 is 0 Å². The molecular formula is C22H16N4O5. The summed E-state index contributed by atoms with van der Waals surface area (Å²) in [6.07, 6.45) is -0.245. The molecule has 0 fully saturated rings. The third kappa shape index (κ3) is 3.74. The summed E-state index contributed by atoms with van der Waals surface area (Å²) in [5.74, 6) is -1.97. The van der Waals surface area contributed by atoms with E-state index in [2.05, 4.69) is 9.97 Å². The van der Waals surface area contributed by atoms with Crippen molar-refractivity contribution in [2.45, 2.75) is 6.42 Å². The van der Waals surface area contributed by atoms with Crippen molar-refractivity contribution < 1.29 is 24.2 Å². The number of para-hydroxylation sites is 2. The topological polar surface area (TPSA) is 136 Å². The van der Waals surface area contributed by atoms with E-state index in [1.807, 2.05) is 6.07 Å². The molecule has 31 heavy (non-hydrogen) atoms. The van der Waals surface area contributed by atoms with Crippen LogP contribution in [-0.2, 0) is 9.53 Å². The van der Waals surface area contributed by atoms with Gasteiger partial charge < -0.3 is 14.8 Å². The van der Waals surface area contributed by atoms with E-state index in [-0.39, 0.29) is 24.4 Å². The van der Waals surface area contributed by atoms with E-state index in [4.69, 9.17) is 4.74 Å². The van der Waals surface area contributed by atoms with E-state index >= 15 is 0 Å². The van der Waals surface area contributed by atoms with Gasteiger partial charge in [0.15, 0.2) is 11.6 Å². The first-order valence-electron chi connectivity index (χ1n) is 9.37. The Kier molecular flexibility index (Phi) is 5.20. The maximum atomic E-state index is 12.3. The molecule has 9 nitrogen and oxygen atoms in total. The number of fused-ring (bicyclic) bond motifs is 2. The SMILES string of the molecule is N#C/C(=C(/O)COC(=O)CCN1C(=O)c2ccccc2C1=O)c1nc2ccccc2[nH]1. The largest absolute Gasteiger partial charge is 0.507 e. The molecule has 1 aliphatic heterocycles. The zero-order valence-corrected chi connectivity index (χ0v) is 16.2. The Bertz CT molecular complexity index is 1220. The lowest BCUT2D eigenvalue weighted by Crippen LogP contribution is -2.32. The van der Waals surface area contributed by atoms with Gasteiger partial charge in [0, 0.05) is 6.54 Å². The maximum absolute atomic E-state index is 12.3. The van der Waals surface area contributed by atoms with Crippen molar-refractivity contribution in [3.05, 3.63) is 71.2 Å². The summed E-state index contributed by atoms with van der Waals surface area (Å²) in [4.78, 5) is 44.8. The molecule has 0 atom stereocenters. The van der Waals surface area contributed by atoms with E-state index < -0.39 is 30.1 Å². The van der Waals surface area contributed by atoms with Crippen molar-refractivity contribution in [1.29, 1.82) is 5.26 Å². The number of imidazole rings is 1. The number of aliphatic hydroxyl groups is 1. The minimum atomic E-state index is -0.731. The second-order valence-electron chi connectivity index (χ2n) is 6.75. The smallest absolute Gasteiger partial charge is 0.308 e. The van der Waals surface area contributed by atoms with Crippen molar-refractivity contribution in [3.8, 4) is 6.07 Å². The Morgan fingerprint density at radius 3 is 2.39 bits per heavy atom. The number of aromatic nitrogens is 2. The van der Waals surface area contributed by atoms with Gasteiger partial charge in [-0.1, -0.05) is 24.3 Å². The van der Waals surface area contributed by atoms with Gasteiger partial charge in [-0.25, -0.2) is 4.98 Å². The van der Waals surface area contributed by atoms with Gasteiger partial charge in [-0.15, -0.1) is 0 Å². The highest BCUT2D eigenvalue weighted by Crippen LogP contribution is 2.23. The highest BCUT2D eigenvalue weighted by atomic mass is 16.5. The summed E-state index contributed by atoms with van der Waals surface area (Å²) in [6, 6.07) is 15.4. The maximum Gasteiger partial charge on any atom is 0.308 e. The molecule has 1 aromatic heterocycles. The number of rotatable bonds is 6. The Balaban J connectivity index is 1.37. The van der Waals surface area contributed by atoms with Crippen LogP contribution in [0.2, 0.25) is 0 Å². The summed E-state index contributed by atoms with van der Waals surface area (Å²) in [7, 11) is 0. The third-order valence-electron chi connectivity index (χ3n) is 4.81. The van der Waals surface area contributed by atoms with Gasteiger partial charge >= 0.3 is 5.97 Å². The van der Waals surface area contributed by atoms with Gasteiger partial charge in [-0.2, -0.15) is 5.26 Å². The number of amides is 2. The number of nitrogens with zero attached hydrogens (tertiary/aromatic N) is 3. The zero-order chi connectivity index (χ0) is 22.0. The molecule has 2 heterocycles. The van der Waals surface area contributed by atoms with Gasteiger partial charge in [-0.05, 0) is 24.3 Å². The number of hydrogen-bond acceptors (Lipinski definition) is 7. The molecule has 0 spiro atoms. The second kappa shape index (κ2) is 8.12. The standard InChI is InChI=1S/C22H16N4O5/c23-11-15(20-24-16-7-3-4-8-17(16)25-20)18(27)12-31-19(28)9-10-26-21(29)13-5-1-2-6-14(13)22(26)30/h1-8,27H,9-10,12H2,(H,24,25)/b18-15-. The Labute approximate surface area is 176 Å². The molecule has 0 radical (unpaired) electrons. The van der Waals surface area contributed by atoms with Crippen LogP contribution in [0.3, 0.4) is 0 Å². The number of carbonyl (C=O) groups excluding carboxylic acids is 3. The first-order valence-corrected chi connectivity index (χ1v) is 9.37. The molecule has 3 aromatic rings. The summed E-state index contributed by atoms with van der Waals surface area (Å²) in [6.45, 7) is -0.689. The van der Waals surface area contributed by atoms with E-state index in [0.717, 1.165) is 4.90 Å². The molecular weight excluding hydrogens is 400 g/mol. The van der Waals surface area contributed by atoms with E-state index in [1.54, 1.807) is 48.5 Å². The van der Waals surface area contributed by atoms with Crippen molar-refractivity contribution in [2.75, 3.05) is 13.2 Å². The number of ether oxygens (including phenoxy) is 1. The lowest BCUT2D eigenvalue weighted by atomic mass is 10.1. The molecule has 0 unspecified atom stereocenters. The van der Waals surface area contributed by atoms with Crippen molar-refractivity contribution in [1.82, 2.24) is 14.9 Å². The first kappa shape index (κ1) is 19.8. The number of carbonyl (C=O) groups is 3. The van der Waals surface area contributed by atoms with Crippen LogP contribution in [0, 0.1) is 11.3 Å². The van der Waals surface area contributed by atoms with E-state index in [0.29, 0.717) is 22.2 Å². The number of benzene rings is 2. The summed E-state index contributed by atoms with van der Waals surface area (Å²) in [5, 5.41) is 19.6. The molecule has 154 valence electrons. The summed E-state index contributed by atoms with van der Waals surface area (Å²) >= 11 is 0. The Hall–Kier alpha value is -4.45. The van der Waals surface area contributed by atoms with Gasteiger partial charge in [0.25, 0.3) is 11.8 Å². The van der Waals surface area contributed by atoms with E-state index in [9.17, 15) is 24.8 Å². The molecule has 2 amide bonds. The fraction of sp³-hybridized carbons (Fsp3) is 0.136. The number of allylic oxidation sites excluding steroid dienone is 1. The van der Waals surface area contributed by atoms with Crippen LogP contribution in [0.1, 0.15) is 33.0 Å². The first-order chi connectivity index (χ1) is 15.0. The second-order valence-corrected chi connectivity index (χ2v) is 6.75. The van der Waals surface area contributed by atoms with Crippen LogP contribution >= 0.6 is 0 Å². The number of nitrogens with one attached hydrogen (secondary N) is 1. The lowest BCUT2D eigenvalue weighted by molar-refractivity contribution is -0.143. The predicted molar refractivity (Wildman–Crippen MR) is 109 cm³/mol. The molecule has 0 bridgehead atoms. The molecule has 4 rings (SSSR count). The fourth-order valence-electron chi connectivity index (χ4n) is 3.26. The Morgan fingerprint density at radius 2 is 1.74 bits per heavy atom. The number of nitriles is 1. The zero-order valence-electron chi connectivity index (χ0n) is 16.2. The fourth-order valence-corrected chi connectivity index (χ4v) is 3.26. The Morgan fingerprint density at radius 1 is 1.10 bits per heavy atom. The monoisotopic (exact) mass is 416 g/mol. The highest BCUT2D eigenvalue weighted by Gasteiger charge is 2.35. The quantitative estimate of drug-likeness (QED) is 0.273. The number of esters is 1. The average molecular weight is 416 g/mol. The molecule has 0 saturated heterocycles. The number of aliphatic hydroxyl groups excluding tert-OH is 1. The van der Waals surface area contributed by atoms with Crippen molar-refractivity contribution in [3.63, 3.8) is 0 Å². The van der Waals surface area contributed by atoms with Crippen molar-refractivity contribution in [2.24, 2.45) is 0 Å². The van der Waals surface area contributed by atoms with Gasteiger partial charge in [0.05, 0.1) is 28.6 Å². The molecule has 0 aliphatic carbocycles. The molecule has 9 heteroatoms. The van der Waals surface area contributed by atoms with Gasteiger partial charge in [0.2, 0.25) is 0 Å². The van der Waals surface area contributed by atoms with Crippen LogP contribution in [0.25, 0.3) is 16.6 Å². The highest BCUT2D eigenvalue weighted by molar-refractivity contribution is 6.21. The number of imide groups is 1. The van der Waals surface area contributed by atoms with Crippen LogP contribution in [0.15, 0.2) is 54.3 Å². The van der Waals surface area contributed by atoms with E-state index in [1.165, 1.54) is 0 Å². The molecule has 0 saturated carbocycles. The van der Waals surface area contributed by atoms with Gasteiger partial charge in [-0.3, -0.25) is 19.3 Å². The third-order valence-corrected chi connectivity index (χ3v) is 4.81. The number of H-pyrrole nitrogens is 1. The van der Waals surface area contributed by atoms with Crippen LogP contribution in [0.5, 0.6) is 0 Å². The minimum absolute atomic E-state index is 0.148. The predicted octanol–water partition coefficient (Wildman–Crippen LogP) is 2.59. The molecule has 2 aromatic carbocycles. The van der Waals surface area contributed by atoms with Gasteiger partial charge in [0.1, 0.15) is 18.2 Å². The number of hydrogen-bond donors (Lipinski definition) is 2. The van der Waals surface area contributed by atoms with Crippen LogP contribution in [0.4, 0.5) is 0 Å². The van der Waals surface area contributed by atoms with Crippen molar-refractivity contribution >= 4 is 34.4 Å².